The van der Waals surface area contributed by atoms with E-state index >= 15 is 0 Å². The molecule has 1 heterocycles. The van der Waals surface area contributed by atoms with Crippen LogP contribution in [0.2, 0.25) is 0 Å². The summed E-state index contributed by atoms with van der Waals surface area (Å²) in [7, 11) is 4.73. The highest BCUT2D eigenvalue weighted by molar-refractivity contribution is 5.55. The van der Waals surface area contributed by atoms with Crippen molar-refractivity contribution < 1.29 is 23.7 Å². The summed E-state index contributed by atoms with van der Waals surface area (Å²) in [6.45, 7) is 3.93. The van der Waals surface area contributed by atoms with E-state index < -0.39 is 0 Å². The summed E-state index contributed by atoms with van der Waals surface area (Å²) in [6, 6.07) is 3.75. The molecule has 1 aromatic carbocycles. The van der Waals surface area contributed by atoms with Crippen molar-refractivity contribution >= 4 is 11.8 Å². The first kappa shape index (κ1) is 21.5. The predicted octanol–water partition coefficient (Wildman–Crippen LogP) is 2.10. The molecule has 0 radical (unpaired) electrons. The Bertz CT molecular complexity index is 732. The molecule has 0 aliphatic rings. The van der Waals surface area contributed by atoms with E-state index in [1.54, 1.807) is 27.5 Å². The van der Waals surface area contributed by atoms with Gasteiger partial charge in [0.15, 0.2) is 11.5 Å². The van der Waals surface area contributed by atoms with Gasteiger partial charge in [-0.3, -0.25) is 0 Å². The van der Waals surface area contributed by atoms with Gasteiger partial charge in [0.05, 0.1) is 34.5 Å². The highest BCUT2D eigenvalue weighted by Gasteiger charge is 2.14. The van der Waals surface area contributed by atoms with E-state index in [2.05, 4.69) is 15.3 Å². The number of anilines is 2. The van der Waals surface area contributed by atoms with Gasteiger partial charge in [0.1, 0.15) is 12.5 Å². The highest BCUT2D eigenvalue weighted by Crippen LogP contribution is 2.38. The minimum atomic E-state index is 0.277. The Morgan fingerprint density at radius 3 is 2.25 bits per heavy atom. The van der Waals surface area contributed by atoms with Crippen LogP contribution in [0.25, 0.3) is 0 Å². The van der Waals surface area contributed by atoms with Gasteiger partial charge in [-0.25, -0.2) is 4.98 Å². The first-order valence-corrected chi connectivity index (χ1v) is 8.92. The Labute approximate surface area is 165 Å². The summed E-state index contributed by atoms with van der Waals surface area (Å²) in [5, 5.41) is 2.97. The fraction of sp³-hybridized carbons (Fsp3) is 0.474. The van der Waals surface area contributed by atoms with Crippen LogP contribution in [-0.4, -0.2) is 57.8 Å². The van der Waals surface area contributed by atoms with E-state index in [9.17, 15) is 0 Å². The molecule has 1 aromatic heterocycles. The second-order valence-electron chi connectivity index (χ2n) is 5.74. The average Bonchev–Trinajstić information content (AvgIpc) is 2.71. The number of methoxy groups -OCH3 is 3. The van der Waals surface area contributed by atoms with E-state index in [1.807, 2.05) is 19.1 Å². The molecule has 28 heavy (non-hydrogen) atoms. The lowest BCUT2D eigenvalue weighted by Crippen LogP contribution is -2.13. The molecule has 0 aliphatic heterocycles. The van der Waals surface area contributed by atoms with E-state index in [0.29, 0.717) is 55.3 Å². The van der Waals surface area contributed by atoms with Crippen molar-refractivity contribution in [2.45, 2.75) is 13.3 Å². The van der Waals surface area contributed by atoms with Crippen LogP contribution >= 0.6 is 0 Å². The molecule has 0 amide bonds. The lowest BCUT2D eigenvalue weighted by atomic mass is 10.1. The number of nitrogens with one attached hydrogen (secondary N) is 1. The van der Waals surface area contributed by atoms with Crippen LogP contribution in [0.15, 0.2) is 18.3 Å². The van der Waals surface area contributed by atoms with Crippen LogP contribution in [0.3, 0.4) is 0 Å². The lowest BCUT2D eigenvalue weighted by molar-refractivity contribution is 0.0602. The zero-order chi connectivity index (χ0) is 20.4. The van der Waals surface area contributed by atoms with E-state index in [1.165, 1.54) is 0 Å². The molecule has 2 aromatic rings. The Balaban J connectivity index is 2.03. The van der Waals surface area contributed by atoms with Crippen LogP contribution in [0, 0.1) is 0 Å². The maximum absolute atomic E-state index is 6.10. The standard InChI is InChI=1S/C19H28N4O5/c1-5-27-6-7-28-12-22-19-21-11-14(18(20)23-19)8-13-9-15(24-2)17(26-4)16(10-13)25-3/h9-11H,5-8,12H2,1-4H3,(H3,20,21,22,23). The van der Waals surface area contributed by atoms with Crippen molar-refractivity contribution in [1.29, 1.82) is 0 Å². The SMILES string of the molecule is CCOCCOCNc1ncc(Cc2cc(OC)c(OC)c(OC)c2)c(N)n1. The zero-order valence-electron chi connectivity index (χ0n) is 16.8. The predicted molar refractivity (Wildman–Crippen MR) is 106 cm³/mol. The maximum Gasteiger partial charge on any atom is 0.226 e. The smallest absolute Gasteiger partial charge is 0.226 e. The Hall–Kier alpha value is -2.78. The molecular weight excluding hydrogens is 364 g/mol. The summed E-state index contributed by atoms with van der Waals surface area (Å²) in [5.74, 6) is 2.50. The van der Waals surface area contributed by atoms with Gasteiger partial charge in [-0.15, -0.1) is 0 Å². The number of nitrogens with two attached hydrogens (primary N) is 1. The number of hydrogen-bond donors (Lipinski definition) is 2. The fourth-order valence-electron chi connectivity index (χ4n) is 2.55. The molecule has 0 aliphatic carbocycles. The van der Waals surface area contributed by atoms with Gasteiger partial charge < -0.3 is 34.7 Å². The molecule has 9 nitrogen and oxygen atoms in total. The second-order valence-corrected chi connectivity index (χ2v) is 5.74. The van der Waals surface area contributed by atoms with Crippen LogP contribution < -0.4 is 25.3 Å². The molecule has 154 valence electrons. The van der Waals surface area contributed by atoms with Gasteiger partial charge in [-0.2, -0.15) is 4.98 Å². The van der Waals surface area contributed by atoms with Gasteiger partial charge in [-0.1, -0.05) is 0 Å². The molecule has 0 atom stereocenters. The van der Waals surface area contributed by atoms with Crippen molar-refractivity contribution in [3.05, 3.63) is 29.5 Å². The van der Waals surface area contributed by atoms with Crippen molar-refractivity contribution in [3.8, 4) is 17.2 Å². The third-order valence-electron chi connectivity index (χ3n) is 3.93. The van der Waals surface area contributed by atoms with Gasteiger partial charge in [0.25, 0.3) is 0 Å². The Morgan fingerprint density at radius 2 is 1.68 bits per heavy atom. The van der Waals surface area contributed by atoms with Crippen molar-refractivity contribution in [2.24, 2.45) is 0 Å². The van der Waals surface area contributed by atoms with Crippen LogP contribution in [0.5, 0.6) is 17.2 Å². The number of nitrogens with zero attached hydrogens (tertiary/aromatic N) is 2. The zero-order valence-corrected chi connectivity index (χ0v) is 16.8. The molecule has 9 heteroatoms. The molecule has 0 fully saturated rings. The monoisotopic (exact) mass is 392 g/mol. The largest absolute Gasteiger partial charge is 0.493 e. The summed E-state index contributed by atoms with van der Waals surface area (Å²) in [6.07, 6.45) is 2.21. The van der Waals surface area contributed by atoms with Crippen molar-refractivity contribution in [3.63, 3.8) is 0 Å². The molecule has 0 bridgehead atoms. The van der Waals surface area contributed by atoms with E-state index in [-0.39, 0.29) is 6.73 Å². The number of ether oxygens (including phenoxy) is 5. The lowest BCUT2D eigenvalue weighted by Gasteiger charge is -2.14. The Morgan fingerprint density at radius 1 is 1.00 bits per heavy atom. The third kappa shape index (κ3) is 5.86. The van der Waals surface area contributed by atoms with Crippen LogP contribution in [0.4, 0.5) is 11.8 Å². The topological polar surface area (TPSA) is 110 Å². The van der Waals surface area contributed by atoms with Crippen molar-refractivity contribution in [1.82, 2.24) is 9.97 Å². The number of nitrogen functional groups attached to an aromatic ring is 1. The molecule has 3 N–H and O–H groups in total. The van der Waals surface area contributed by atoms with E-state index in [4.69, 9.17) is 29.4 Å². The molecule has 0 spiro atoms. The summed E-state index contributed by atoms with van der Waals surface area (Å²) in [5.41, 5.74) is 7.82. The molecule has 2 rings (SSSR count). The van der Waals surface area contributed by atoms with Crippen molar-refractivity contribution in [2.75, 3.05) is 58.9 Å². The molecular formula is C19H28N4O5. The summed E-state index contributed by atoms with van der Waals surface area (Å²) < 4.78 is 26.7. The minimum absolute atomic E-state index is 0.277. The first-order valence-electron chi connectivity index (χ1n) is 8.92. The third-order valence-corrected chi connectivity index (χ3v) is 3.93. The Kier molecular flexibility index (Phi) is 8.57. The van der Waals surface area contributed by atoms with Crippen LogP contribution in [-0.2, 0) is 15.9 Å². The van der Waals surface area contributed by atoms with E-state index in [0.717, 1.165) is 11.1 Å². The van der Waals surface area contributed by atoms with Gasteiger partial charge >= 0.3 is 0 Å². The van der Waals surface area contributed by atoms with Gasteiger partial charge in [0.2, 0.25) is 11.7 Å². The van der Waals surface area contributed by atoms with Crippen LogP contribution in [0.1, 0.15) is 18.1 Å². The highest BCUT2D eigenvalue weighted by atomic mass is 16.5. The summed E-state index contributed by atoms with van der Waals surface area (Å²) in [4.78, 5) is 8.57. The molecule has 0 saturated carbocycles. The summed E-state index contributed by atoms with van der Waals surface area (Å²) >= 11 is 0. The molecule has 0 unspecified atom stereocenters. The maximum atomic E-state index is 6.10. The fourth-order valence-corrected chi connectivity index (χ4v) is 2.55. The second kappa shape index (κ2) is 11.2. The normalized spacial score (nSPS) is 10.6. The first-order chi connectivity index (χ1) is 13.6. The quantitative estimate of drug-likeness (QED) is 0.414. The number of benzene rings is 1. The number of hydrogen-bond acceptors (Lipinski definition) is 9. The van der Waals surface area contributed by atoms with Gasteiger partial charge in [0, 0.05) is 24.8 Å². The van der Waals surface area contributed by atoms with Gasteiger partial charge in [-0.05, 0) is 24.6 Å². The minimum Gasteiger partial charge on any atom is -0.493 e. The number of rotatable bonds is 12. The average molecular weight is 392 g/mol. The molecule has 0 saturated heterocycles. The number of aromatic nitrogens is 2.